The minimum Gasteiger partial charge on any atom is -0.371 e. The van der Waals surface area contributed by atoms with Crippen LogP contribution < -0.4 is 5.32 Å². The van der Waals surface area contributed by atoms with Gasteiger partial charge in [-0.3, -0.25) is 0 Å². The van der Waals surface area contributed by atoms with Crippen LogP contribution in [-0.4, -0.2) is 24.8 Å². The van der Waals surface area contributed by atoms with Crippen molar-refractivity contribution in [1.82, 2.24) is 5.32 Å². The Kier molecular flexibility index (Phi) is 1.06. The van der Waals surface area contributed by atoms with E-state index in [2.05, 4.69) is 12.2 Å². The fourth-order valence-electron chi connectivity index (χ4n) is 3.23. The first kappa shape index (κ1) is 6.44. The van der Waals surface area contributed by atoms with E-state index in [9.17, 15) is 0 Å². The summed E-state index contributed by atoms with van der Waals surface area (Å²) in [6.45, 7) is 4.69. The number of fused-ring (bicyclic) bond motifs is 5. The zero-order valence-electron chi connectivity index (χ0n) is 6.97. The molecule has 4 unspecified atom stereocenters. The monoisotopic (exact) mass is 153 g/mol. The molecule has 3 aliphatic rings. The third kappa shape index (κ3) is 0.651. The van der Waals surface area contributed by atoms with Crippen LogP contribution in [0, 0.1) is 11.8 Å². The van der Waals surface area contributed by atoms with Crippen LogP contribution in [0.2, 0.25) is 0 Å². The zero-order valence-corrected chi connectivity index (χ0v) is 6.97. The minimum absolute atomic E-state index is 0.249. The van der Waals surface area contributed by atoms with Crippen molar-refractivity contribution in [2.45, 2.75) is 31.5 Å². The van der Waals surface area contributed by atoms with Gasteiger partial charge < -0.3 is 10.1 Å². The average molecular weight is 153 g/mol. The highest BCUT2D eigenvalue weighted by molar-refractivity contribution is 5.08. The molecule has 3 fully saturated rings. The second kappa shape index (κ2) is 1.80. The van der Waals surface area contributed by atoms with Crippen LogP contribution in [0.1, 0.15) is 19.8 Å². The summed E-state index contributed by atoms with van der Waals surface area (Å²) in [6.07, 6.45) is 3.19. The molecule has 0 aromatic heterocycles. The Morgan fingerprint density at radius 3 is 3.18 bits per heavy atom. The van der Waals surface area contributed by atoms with Gasteiger partial charge in [0.05, 0.1) is 11.7 Å². The second-order valence-corrected chi connectivity index (χ2v) is 4.44. The van der Waals surface area contributed by atoms with Crippen LogP contribution >= 0.6 is 0 Å². The molecule has 2 heteroatoms. The van der Waals surface area contributed by atoms with Crippen molar-refractivity contribution in [2.24, 2.45) is 11.8 Å². The van der Waals surface area contributed by atoms with Crippen LogP contribution in [0.15, 0.2) is 0 Å². The molecular weight excluding hydrogens is 138 g/mol. The standard InChI is InChI=1S/C9H15NO/c1-9-3-2-8(11-9)6-4-10-5-7(6)9/h6-8,10H,2-5H2,1H3. The average Bonchev–Trinajstić information content (AvgIpc) is 2.53. The first-order valence-corrected chi connectivity index (χ1v) is 4.68. The van der Waals surface area contributed by atoms with E-state index in [0.717, 1.165) is 11.8 Å². The number of ether oxygens (including phenoxy) is 1. The van der Waals surface area contributed by atoms with Crippen molar-refractivity contribution < 1.29 is 4.74 Å². The Hall–Kier alpha value is -0.0800. The lowest BCUT2D eigenvalue weighted by Gasteiger charge is -2.27. The van der Waals surface area contributed by atoms with E-state index in [-0.39, 0.29) is 5.60 Å². The summed E-state index contributed by atoms with van der Waals surface area (Å²) in [6, 6.07) is 0. The van der Waals surface area contributed by atoms with Gasteiger partial charge in [0.15, 0.2) is 0 Å². The molecule has 62 valence electrons. The van der Waals surface area contributed by atoms with Gasteiger partial charge in [-0.2, -0.15) is 0 Å². The number of hydrogen-bond donors (Lipinski definition) is 1. The summed E-state index contributed by atoms with van der Waals surface area (Å²) < 4.78 is 5.99. The van der Waals surface area contributed by atoms with Crippen molar-refractivity contribution in [3.63, 3.8) is 0 Å². The number of hydrogen-bond acceptors (Lipinski definition) is 2. The van der Waals surface area contributed by atoms with E-state index in [1.165, 1.54) is 25.9 Å². The van der Waals surface area contributed by atoms with Gasteiger partial charge in [-0.25, -0.2) is 0 Å². The molecule has 0 aliphatic carbocycles. The molecule has 0 aromatic carbocycles. The summed E-state index contributed by atoms with van der Waals surface area (Å²) in [5.41, 5.74) is 0.249. The number of nitrogens with one attached hydrogen (secondary N) is 1. The Morgan fingerprint density at radius 2 is 2.36 bits per heavy atom. The van der Waals surface area contributed by atoms with E-state index < -0.39 is 0 Å². The van der Waals surface area contributed by atoms with Gasteiger partial charge in [0.1, 0.15) is 0 Å². The van der Waals surface area contributed by atoms with Crippen molar-refractivity contribution in [2.75, 3.05) is 13.1 Å². The van der Waals surface area contributed by atoms with Gasteiger partial charge in [-0.05, 0) is 19.8 Å². The lowest BCUT2D eigenvalue weighted by molar-refractivity contribution is 0.00527. The second-order valence-electron chi connectivity index (χ2n) is 4.44. The summed E-state index contributed by atoms with van der Waals surface area (Å²) >= 11 is 0. The van der Waals surface area contributed by atoms with Crippen molar-refractivity contribution >= 4 is 0 Å². The Balaban J connectivity index is 1.98. The number of rotatable bonds is 0. The molecule has 0 amide bonds. The summed E-state index contributed by atoms with van der Waals surface area (Å²) in [5, 5.41) is 3.47. The maximum absolute atomic E-state index is 5.99. The lowest BCUT2D eigenvalue weighted by Crippen LogP contribution is -2.34. The van der Waals surface area contributed by atoms with Crippen LogP contribution in [0.5, 0.6) is 0 Å². The van der Waals surface area contributed by atoms with Crippen molar-refractivity contribution in [1.29, 1.82) is 0 Å². The zero-order chi connectivity index (χ0) is 7.47. The Morgan fingerprint density at radius 1 is 1.45 bits per heavy atom. The molecule has 0 spiro atoms. The largest absolute Gasteiger partial charge is 0.371 e. The minimum atomic E-state index is 0.249. The van der Waals surface area contributed by atoms with Gasteiger partial charge in [0.25, 0.3) is 0 Å². The topological polar surface area (TPSA) is 21.3 Å². The molecule has 4 atom stereocenters. The molecule has 11 heavy (non-hydrogen) atoms. The first-order valence-electron chi connectivity index (χ1n) is 4.68. The summed E-state index contributed by atoms with van der Waals surface area (Å²) in [7, 11) is 0. The van der Waals surface area contributed by atoms with E-state index in [1.807, 2.05) is 0 Å². The summed E-state index contributed by atoms with van der Waals surface area (Å²) in [5.74, 6) is 1.66. The highest BCUT2D eigenvalue weighted by Gasteiger charge is 2.57. The van der Waals surface area contributed by atoms with Gasteiger partial charge in [0.2, 0.25) is 0 Å². The van der Waals surface area contributed by atoms with Crippen LogP contribution in [-0.2, 0) is 4.74 Å². The normalized spacial score (nSPS) is 60.3. The fraction of sp³-hybridized carbons (Fsp3) is 1.00. The predicted molar refractivity (Wildman–Crippen MR) is 42.4 cm³/mol. The molecule has 0 radical (unpaired) electrons. The SMILES string of the molecule is CC12CCC(O1)C1CNCC12. The molecule has 2 bridgehead atoms. The van der Waals surface area contributed by atoms with E-state index >= 15 is 0 Å². The third-order valence-electron chi connectivity index (χ3n) is 3.87. The Bertz CT molecular complexity index is 194. The van der Waals surface area contributed by atoms with Crippen LogP contribution in [0.4, 0.5) is 0 Å². The quantitative estimate of drug-likeness (QED) is 0.555. The van der Waals surface area contributed by atoms with Gasteiger partial charge >= 0.3 is 0 Å². The van der Waals surface area contributed by atoms with Crippen molar-refractivity contribution in [3.8, 4) is 0 Å². The van der Waals surface area contributed by atoms with Gasteiger partial charge in [0, 0.05) is 24.9 Å². The molecule has 3 aliphatic heterocycles. The van der Waals surface area contributed by atoms with E-state index in [0.29, 0.717) is 6.10 Å². The molecule has 3 saturated heterocycles. The fourth-order valence-corrected chi connectivity index (χ4v) is 3.23. The highest BCUT2D eigenvalue weighted by Crippen LogP contribution is 2.52. The van der Waals surface area contributed by atoms with E-state index in [4.69, 9.17) is 4.74 Å². The van der Waals surface area contributed by atoms with Gasteiger partial charge in [-0.1, -0.05) is 0 Å². The molecule has 0 saturated carbocycles. The maximum atomic E-state index is 5.99. The molecule has 3 heterocycles. The highest BCUT2D eigenvalue weighted by atomic mass is 16.5. The lowest BCUT2D eigenvalue weighted by atomic mass is 9.75. The van der Waals surface area contributed by atoms with Crippen molar-refractivity contribution in [3.05, 3.63) is 0 Å². The van der Waals surface area contributed by atoms with Gasteiger partial charge in [-0.15, -0.1) is 0 Å². The molecule has 2 nitrogen and oxygen atoms in total. The smallest absolute Gasteiger partial charge is 0.0703 e. The van der Waals surface area contributed by atoms with E-state index in [1.54, 1.807) is 0 Å². The van der Waals surface area contributed by atoms with Crippen LogP contribution in [0.25, 0.3) is 0 Å². The maximum Gasteiger partial charge on any atom is 0.0703 e. The predicted octanol–water partition coefficient (Wildman–Crippen LogP) is 0.773. The Labute approximate surface area is 67.3 Å². The molecule has 0 aromatic rings. The molecule has 1 N–H and O–H groups in total. The third-order valence-corrected chi connectivity index (χ3v) is 3.87. The summed E-state index contributed by atoms with van der Waals surface area (Å²) in [4.78, 5) is 0. The first-order chi connectivity index (χ1) is 5.30. The molecular formula is C9H15NO. The molecule has 3 rings (SSSR count). The van der Waals surface area contributed by atoms with Crippen LogP contribution in [0.3, 0.4) is 0 Å².